The van der Waals surface area contributed by atoms with Gasteiger partial charge in [-0.2, -0.15) is 0 Å². The first-order valence-corrected chi connectivity index (χ1v) is 10.2. The molecular formula is C22H36N4O3. The number of amides is 3. The highest BCUT2D eigenvalue weighted by molar-refractivity contribution is 5.98. The molecule has 1 aliphatic heterocycles. The number of fused-ring (bicyclic) bond motifs is 1. The molecule has 29 heavy (non-hydrogen) atoms. The number of carbonyl (C=O) groups excluding carboxylic acids is 2. The first-order valence-electron chi connectivity index (χ1n) is 10.2. The standard InChI is InChI=1S/C20H30N4O3.C2H6/c1-14(13-27-8-7-21-3)9-15(2)23-20(26)22-11-16-5-6-18-17(10-16)12-24(4)19(18)25;1-2/h5-6,10,14,21H,2,7-9,11-13H2,1,3-4H3,(H2,22,23,26);1-2H3. The largest absolute Gasteiger partial charge is 0.380 e. The van der Waals surface area contributed by atoms with Gasteiger partial charge in [0.1, 0.15) is 0 Å². The molecule has 1 aromatic carbocycles. The van der Waals surface area contributed by atoms with Crippen LogP contribution in [0.4, 0.5) is 4.79 Å². The third-order valence-corrected chi connectivity index (χ3v) is 4.39. The Kier molecular flexibility index (Phi) is 11.0. The van der Waals surface area contributed by atoms with Crippen molar-refractivity contribution in [3.05, 3.63) is 47.2 Å². The minimum absolute atomic E-state index is 0.0441. The van der Waals surface area contributed by atoms with E-state index in [-0.39, 0.29) is 17.9 Å². The van der Waals surface area contributed by atoms with Gasteiger partial charge in [0.05, 0.1) is 6.61 Å². The van der Waals surface area contributed by atoms with Gasteiger partial charge in [-0.25, -0.2) is 4.79 Å². The summed E-state index contributed by atoms with van der Waals surface area (Å²) in [5.41, 5.74) is 3.37. The van der Waals surface area contributed by atoms with Crippen LogP contribution < -0.4 is 16.0 Å². The van der Waals surface area contributed by atoms with Crippen molar-refractivity contribution in [3.63, 3.8) is 0 Å². The van der Waals surface area contributed by atoms with Crippen LogP contribution in [0.15, 0.2) is 30.5 Å². The number of rotatable bonds is 10. The minimum Gasteiger partial charge on any atom is -0.380 e. The van der Waals surface area contributed by atoms with Crippen LogP contribution in [0.1, 0.15) is 48.7 Å². The zero-order valence-corrected chi connectivity index (χ0v) is 18.4. The second-order valence-corrected chi connectivity index (χ2v) is 7.05. The van der Waals surface area contributed by atoms with Crippen LogP contribution >= 0.6 is 0 Å². The zero-order chi connectivity index (χ0) is 21.8. The number of likely N-dealkylation sites (N-methyl/N-ethyl adjacent to an activating group) is 1. The van der Waals surface area contributed by atoms with Gasteiger partial charge in [0.2, 0.25) is 0 Å². The monoisotopic (exact) mass is 404 g/mol. The van der Waals surface area contributed by atoms with E-state index in [0.717, 1.165) is 23.2 Å². The zero-order valence-electron chi connectivity index (χ0n) is 18.4. The Morgan fingerprint density at radius 1 is 1.34 bits per heavy atom. The number of allylic oxidation sites excluding steroid dienone is 1. The van der Waals surface area contributed by atoms with Crippen molar-refractivity contribution in [1.29, 1.82) is 0 Å². The molecule has 1 aliphatic rings. The lowest BCUT2D eigenvalue weighted by molar-refractivity contribution is 0.0816. The fourth-order valence-electron chi connectivity index (χ4n) is 3.01. The Bertz CT molecular complexity index is 691. The van der Waals surface area contributed by atoms with Crippen LogP contribution in [-0.4, -0.2) is 50.7 Å². The first kappa shape index (κ1) is 24.7. The van der Waals surface area contributed by atoms with Gasteiger partial charge in [0.25, 0.3) is 5.91 Å². The summed E-state index contributed by atoms with van der Waals surface area (Å²) in [6.45, 7) is 13.1. The molecule has 0 saturated heterocycles. The lowest BCUT2D eigenvalue weighted by Crippen LogP contribution is -2.34. The first-order chi connectivity index (χ1) is 13.9. The van der Waals surface area contributed by atoms with E-state index in [1.54, 1.807) is 11.9 Å². The highest BCUT2D eigenvalue weighted by Gasteiger charge is 2.24. The number of hydrogen-bond acceptors (Lipinski definition) is 4. The van der Waals surface area contributed by atoms with E-state index in [0.29, 0.717) is 38.4 Å². The van der Waals surface area contributed by atoms with Crippen LogP contribution in [0, 0.1) is 5.92 Å². The summed E-state index contributed by atoms with van der Waals surface area (Å²) in [5, 5.41) is 8.63. The van der Waals surface area contributed by atoms with Gasteiger partial charge in [-0.3, -0.25) is 4.79 Å². The molecule has 1 atom stereocenters. The third-order valence-electron chi connectivity index (χ3n) is 4.39. The van der Waals surface area contributed by atoms with E-state index in [2.05, 4.69) is 29.5 Å². The van der Waals surface area contributed by atoms with Crippen LogP contribution in [0.25, 0.3) is 0 Å². The van der Waals surface area contributed by atoms with Crippen LogP contribution in [0.3, 0.4) is 0 Å². The van der Waals surface area contributed by atoms with E-state index in [1.165, 1.54) is 0 Å². The molecule has 0 saturated carbocycles. The maximum atomic E-state index is 12.1. The molecule has 0 spiro atoms. The highest BCUT2D eigenvalue weighted by atomic mass is 16.5. The number of hydrogen-bond donors (Lipinski definition) is 3. The third kappa shape index (κ3) is 8.25. The fourth-order valence-corrected chi connectivity index (χ4v) is 3.01. The van der Waals surface area contributed by atoms with Crippen LogP contribution in [-0.2, 0) is 17.8 Å². The molecule has 2 rings (SSSR count). The fraction of sp³-hybridized carbons (Fsp3) is 0.545. The Morgan fingerprint density at radius 3 is 2.76 bits per heavy atom. The summed E-state index contributed by atoms with van der Waals surface area (Å²) in [7, 11) is 3.67. The Morgan fingerprint density at radius 2 is 2.07 bits per heavy atom. The summed E-state index contributed by atoms with van der Waals surface area (Å²) in [6, 6.07) is 5.38. The van der Waals surface area contributed by atoms with Gasteiger partial charge >= 0.3 is 6.03 Å². The summed E-state index contributed by atoms with van der Waals surface area (Å²) in [5.74, 6) is 0.323. The number of nitrogens with one attached hydrogen (secondary N) is 3. The van der Waals surface area contributed by atoms with E-state index >= 15 is 0 Å². The van der Waals surface area contributed by atoms with Gasteiger partial charge in [-0.1, -0.05) is 39.5 Å². The summed E-state index contributed by atoms with van der Waals surface area (Å²) in [6.07, 6.45) is 0.667. The molecular weight excluding hydrogens is 368 g/mol. The Labute approximate surface area is 174 Å². The maximum absolute atomic E-state index is 12.1. The van der Waals surface area contributed by atoms with Gasteiger partial charge in [-0.05, 0) is 36.6 Å². The molecule has 3 amide bonds. The SMILES string of the molecule is C=C(CC(C)COCCNC)NC(=O)NCc1ccc2c(c1)CN(C)C2=O.CC. The van der Waals surface area contributed by atoms with E-state index in [1.807, 2.05) is 39.1 Å². The number of carbonyl (C=O) groups is 2. The Hall–Kier alpha value is -2.38. The van der Waals surface area contributed by atoms with E-state index < -0.39 is 0 Å². The van der Waals surface area contributed by atoms with Crippen LogP contribution in [0.5, 0.6) is 0 Å². The predicted octanol–water partition coefficient (Wildman–Crippen LogP) is 2.87. The molecule has 3 N–H and O–H groups in total. The van der Waals surface area contributed by atoms with E-state index in [4.69, 9.17) is 4.74 Å². The molecule has 0 aromatic heterocycles. The molecule has 1 unspecified atom stereocenters. The molecule has 162 valence electrons. The van der Waals surface area contributed by atoms with Gasteiger partial charge < -0.3 is 25.6 Å². The average molecular weight is 405 g/mol. The van der Waals surface area contributed by atoms with E-state index in [9.17, 15) is 9.59 Å². The normalized spacial score (nSPS) is 13.3. The van der Waals surface area contributed by atoms with Crippen molar-refractivity contribution in [2.45, 2.75) is 40.3 Å². The molecule has 0 aliphatic carbocycles. The number of ether oxygens (including phenoxy) is 1. The number of urea groups is 1. The predicted molar refractivity (Wildman–Crippen MR) is 117 cm³/mol. The smallest absolute Gasteiger partial charge is 0.319 e. The van der Waals surface area contributed by atoms with Gasteiger partial charge in [-0.15, -0.1) is 0 Å². The molecule has 1 heterocycles. The summed E-state index contributed by atoms with van der Waals surface area (Å²) < 4.78 is 5.54. The highest BCUT2D eigenvalue weighted by Crippen LogP contribution is 2.22. The van der Waals surface area contributed by atoms with Gasteiger partial charge in [0.15, 0.2) is 0 Å². The molecule has 7 nitrogen and oxygen atoms in total. The quantitative estimate of drug-likeness (QED) is 0.524. The van der Waals surface area contributed by atoms with Crippen molar-refractivity contribution in [1.82, 2.24) is 20.9 Å². The summed E-state index contributed by atoms with van der Waals surface area (Å²) in [4.78, 5) is 25.6. The van der Waals surface area contributed by atoms with Gasteiger partial charge in [0, 0.05) is 44.5 Å². The van der Waals surface area contributed by atoms with Crippen molar-refractivity contribution < 1.29 is 14.3 Å². The lowest BCUT2D eigenvalue weighted by Gasteiger charge is -2.15. The lowest BCUT2D eigenvalue weighted by atomic mass is 10.1. The second kappa shape index (κ2) is 13.0. The Balaban J connectivity index is 0.00000204. The molecule has 0 fully saturated rings. The number of nitrogens with zero attached hydrogens (tertiary/aromatic N) is 1. The molecule has 0 radical (unpaired) electrons. The van der Waals surface area contributed by atoms with Crippen molar-refractivity contribution >= 4 is 11.9 Å². The van der Waals surface area contributed by atoms with Crippen LogP contribution in [0.2, 0.25) is 0 Å². The average Bonchev–Trinajstić information content (AvgIpc) is 2.98. The number of benzene rings is 1. The molecule has 7 heteroatoms. The summed E-state index contributed by atoms with van der Waals surface area (Å²) >= 11 is 0. The van der Waals surface area contributed by atoms with Crippen molar-refractivity contribution in [2.24, 2.45) is 5.92 Å². The molecule has 0 bridgehead atoms. The molecule has 1 aromatic rings. The maximum Gasteiger partial charge on any atom is 0.319 e. The topological polar surface area (TPSA) is 82.7 Å². The second-order valence-electron chi connectivity index (χ2n) is 7.05. The minimum atomic E-state index is -0.281. The van der Waals surface area contributed by atoms with Crippen molar-refractivity contribution in [2.75, 3.05) is 33.9 Å². The van der Waals surface area contributed by atoms with Crippen molar-refractivity contribution in [3.8, 4) is 0 Å².